The SMILES string of the molecule is CC1CCC(C(=O)N(c2cc(C#CC(C)(C)C)sc2C(=O)O)[C@H]2CC[C@H](NN(C)C(=O)Oc3ccccn3)CC2)CC1. The molecule has 226 valence electrons. The number of nitrogens with zero attached hydrogens (tertiary/aromatic N) is 3. The number of carboxylic acid groups (broad SMARTS) is 1. The van der Waals surface area contributed by atoms with E-state index in [0.29, 0.717) is 42.2 Å². The molecule has 42 heavy (non-hydrogen) atoms. The minimum absolute atomic E-state index is 0.00430. The summed E-state index contributed by atoms with van der Waals surface area (Å²) in [6.45, 7) is 8.25. The number of ether oxygens (including phenoxy) is 1. The van der Waals surface area contributed by atoms with Crippen LogP contribution in [0.5, 0.6) is 5.88 Å². The van der Waals surface area contributed by atoms with Gasteiger partial charge in [0.2, 0.25) is 11.8 Å². The predicted molar refractivity (Wildman–Crippen MR) is 163 cm³/mol. The number of aromatic carboxylic acids is 1. The minimum Gasteiger partial charge on any atom is -0.477 e. The summed E-state index contributed by atoms with van der Waals surface area (Å²) < 4.78 is 5.31. The highest BCUT2D eigenvalue weighted by molar-refractivity contribution is 7.15. The number of rotatable bonds is 7. The lowest BCUT2D eigenvalue weighted by Gasteiger charge is -2.40. The number of pyridine rings is 1. The molecular formula is C32H42N4O5S. The lowest BCUT2D eigenvalue weighted by molar-refractivity contribution is -0.124. The molecule has 2 N–H and O–H groups in total. The van der Waals surface area contributed by atoms with Crippen molar-refractivity contribution in [1.82, 2.24) is 15.4 Å². The van der Waals surface area contributed by atoms with E-state index in [0.717, 1.165) is 37.0 Å². The van der Waals surface area contributed by atoms with Crippen LogP contribution in [0.25, 0.3) is 0 Å². The third-order valence-corrected chi connectivity index (χ3v) is 8.90. The molecule has 0 saturated heterocycles. The zero-order valence-corrected chi connectivity index (χ0v) is 26.0. The Hall–Kier alpha value is -3.42. The molecule has 2 saturated carbocycles. The zero-order valence-electron chi connectivity index (χ0n) is 25.2. The molecule has 0 atom stereocenters. The van der Waals surface area contributed by atoms with Crippen LogP contribution >= 0.6 is 11.3 Å². The molecule has 2 aliphatic rings. The van der Waals surface area contributed by atoms with Gasteiger partial charge in [-0.15, -0.1) is 11.3 Å². The van der Waals surface area contributed by atoms with Gasteiger partial charge in [-0.05, 0) is 90.2 Å². The predicted octanol–water partition coefficient (Wildman–Crippen LogP) is 6.34. The van der Waals surface area contributed by atoms with E-state index in [4.69, 9.17) is 4.74 Å². The van der Waals surface area contributed by atoms with Crippen LogP contribution in [0.3, 0.4) is 0 Å². The van der Waals surface area contributed by atoms with Crippen molar-refractivity contribution in [3.05, 3.63) is 40.2 Å². The first kappa shape index (κ1) is 31.5. The highest BCUT2D eigenvalue weighted by Gasteiger charge is 2.37. The minimum atomic E-state index is -1.04. The van der Waals surface area contributed by atoms with Crippen molar-refractivity contribution in [2.24, 2.45) is 17.3 Å². The molecule has 0 bridgehead atoms. The van der Waals surface area contributed by atoms with Gasteiger partial charge in [-0.25, -0.2) is 25.0 Å². The third-order valence-electron chi connectivity index (χ3n) is 7.87. The zero-order chi connectivity index (χ0) is 30.4. The van der Waals surface area contributed by atoms with Crippen LogP contribution in [-0.2, 0) is 4.79 Å². The smallest absolute Gasteiger partial charge is 0.430 e. The van der Waals surface area contributed by atoms with Gasteiger partial charge in [0.15, 0.2) is 0 Å². The van der Waals surface area contributed by atoms with Gasteiger partial charge in [0.25, 0.3) is 0 Å². The second-order valence-electron chi connectivity index (χ2n) is 12.5. The fourth-order valence-electron chi connectivity index (χ4n) is 5.58. The number of nitrogens with one attached hydrogen (secondary N) is 1. The molecule has 0 unspecified atom stereocenters. The Bertz CT molecular complexity index is 1310. The molecule has 0 radical (unpaired) electrons. The fourth-order valence-corrected chi connectivity index (χ4v) is 6.42. The van der Waals surface area contributed by atoms with E-state index in [1.165, 1.54) is 5.01 Å². The van der Waals surface area contributed by atoms with Gasteiger partial charge in [-0.3, -0.25) is 4.79 Å². The van der Waals surface area contributed by atoms with E-state index in [1.807, 2.05) is 20.8 Å². The molecule has 2 amide bonds. The van der Waals surface area contributed by atoms with Crippen molar-refractivity contribution in [2.45, 2.75) is 91.1 Å². The lowest BCUT2D eigenvalue weighted by atomic mass is 9.81. The normalized spacial score (nSPS) is 22.4. The topological polar surface area (TPSA) is 112 Å². The molecule has 9 nitrogen and oxygen atoms in total. The average molecular weight is 595 g/mol. The van der Waals surface area contributed by atoms with E-state index < -0.39 is 12.1 Å². The summed E-state index contributed by atoms with van der Waals surface area (Å²) in [6, 6.07) is 6.76. The lowest BCUT2D eigenvalue weighted by Crippen LogP contribution is -2.51. The summed E-state index contributed by atoms with van der Waals surface area (Å²) >= 11 is 1.14. The Morgan fingerprint density at radius 1 is 1.07 bits per heavy atom. The number of amides is 2. The van der Waals surface area contributed by atoms with Gasteiger partial charge in [0.05, 0.1) is 10.6 Å². The summed E-state index contributed by atoms with van der Waals surface area (Å²) in [4.78, 5) is 45.7. The second kappa shape index (κ2) is 13.7. The molecule has 0 aromatic carbocycles. The Morgan fingerprint density at radius 3 is 2.36 bits per heavy atom. The van der Waals surface area contributed by atoms with Gasteiger partial charge >= 0.3 is 12.1 Å². The number of hydrogen-bond donors (Lipinski definition) is 2. The summed E-state index contributed by atoms with van der Waals surface area (Å²) in [5.41, 5.74) is 3.45. The molecule has 0 aliphatic heterocycles. The Kier molecular flexibility index (Phi) is 10.3. The third kappa shape index (κ3) is 8.33. The summed E-state index contributed by atoms with van der Waals surface area (Å²) in [5.74, 6) is 6.01. The van der Waals surface area contributed by atoms with Gasteiger partial charge in [-0.2, -0.15) is 0 Å². The Morgan fingerprint density at radius 2 is 1.76 bits per heavy atom. The average Bonchev–Trinajstić information content (AvgIpc) is 3.38. The number of carboxylic acids is 1. The number of hydrogen-bond acceptors (Lipinski definition) is 7. The first-order valence-corrected chi connectivity index (χ1v) is 15.6. The van der Waals surface area contributed by atoms with Crippen LogP contribution in [0.4, 0.5) is 10.5 Å². The largest absolute Gasteiger partial charge is 0.477 e. The molecule has 4 rings (SSSR count). The molecule has 2 aromatic heterocycles. The Balaban J connectivity index is 1.52. The van der Waals surface area contributed by atoms with Gasteiger partial charge in [0, 0.05) is 42.7 Å². The number of thiophene rings is 1. The Labute approximate surface area is 252 Å². The second-order valence-corrected chi connectivity index (χ2v) is 13.6. The highest BCUT2D eigenvalue weighted by Crippen LogP contribution is 2.39. The number of carbonyl (C=O) groups is 3. The standard InChI is InChI=1S/C32H42N4O5S/c1-21-9-11-22(12-10-21)29(37)36(26-20-25(17-18-32(2,3)4)42-28(26)30(38)39)24-15-13-23(14-16-24)34-35(5)31(40)41-27-8-6-7-19-33-27/h6-8,19-24,34H,9-16H2,1-5H3,(H,38,39)/t21?,22?,23-,24-. The van der Waals surface area contributed by atoms with Crippen molar-refractivity contribution in [2.75, 3.05) is 11.9 Å². The van der Waals surface area contributed by atoms with Crippen LogP contribution in [-0.4, -0.2) is 52.2 Å². The van der Waals surface area contributed by atoms with Crippen LogP contribution in [0.15, 0.2) is 30.5 Å². The number of hydrazine groups is 1. The summed E-state index contributed by atoms with van der Waals surface area (Å²) in [5, 5.41) is 11.5. The monoisotopic (exact) mass is 594 g/mol. The van der Waals surface area contributed by atoms with Crippen molar-refractivity contribution < 1.29 is 24.2 Å². The van der Waals surface area contributed by atoms with E-state index >= 15 is 0 Å². The van der Waals surface area contributed by atoms with Gasteiger partial charge < -0.3 is 14.7 Å². The maximum absolute atomic E-state index is 14.1. The molecule has 2 aliphatic carbocycles. The summed E-state index contributed by atoms with van der Waals surface area (Å²) in [6.07, 6.45) is 7.40. The molecule has 2 heterocycles. The highest BCUT2D eigenvalue weighted by atomic mass is 32.1. The molecule has 10 heteroatoms. The fraction of sp³-hybridized carbons (Fsp3) is 0.562. The van der Waals surface area contributed by atoms with Gasteiger partial charge in [-0.1, -0.05) is 24.8 Å². The van der Waals surface area contributed by atoms with Crippen LogP contribution < -0.4 is 15.1 Å². The van der Waals surface area contributed by atoms with Crippen LogP contribution in [0.2, 0.25) is 0 Å². The van der Waals surface area contributed by atoms with E-state index in [9.17, 15) is 19.5 Å². The molecular weight excluding hydrogens is 552 g/mol. The first-order valence-electron chi connectivity index (χ1n) is 14.8. The summed E-state index contributed by atoms with van der Waals surface area (Å²) in [7, 11) is 1.61. The number of carbonyl (C=O) groups excluding carboxylic acids is 2. The molecule has 2 fully saturated rings. The van der Waals surface area contributed by atoms with Crippen molar-refractivity contribution in [1.29, 1.82) is 0 Å². The van der Waals surface area contributed by atoms with E-state index in [1.54, 1.807) is 42.4 Å². The molecule has 0 spiro atoms. The van der Waals surface area contributed by atoms with E-state index in [-0.39, 0.29) is 40.1 Å². The van der Waals surface area contributed by atoms with Crippen molar-refractivity contribution >= 4 is 35.0 Å². The quantitative estimate of drug-likeness (QED) is 0.284. The van der Waals surface area contributed by atoms with Crippen molar-refractivity contribution in [3.63, 3.8) is 0 Å². The van der Waals surface area contributed by atoms with Crippen LogP contribution in [0, 0.1) is 29.1 Å². The first-order chi connectivity index (χ1) is 19.9. The maximum atomic E-state index is 14.1. The van der Waals surface area contributed by atoms with Crippen molar-refractivity contribution in [3.8, 4) is 17.7 Å². The maximum Gasteiger partial charge on any atom is 0.430 e. The molecule has 2 aromatic rings. The number of aromatic nitrogens is 1. The van der Waals surface area contributed by atoms with E-state index in [2.05, 4.69) is 29.2 Å². The van der Waals surface area contributed by atoms with Crippen LogP contribution in [0.1, 0.15) is 93.6 Å². The number of anilines is 1. The van der Waals surface area contributed by atoms with Gasteiger partial charge in [0.1, 0.15) is 4.88 Å².